The van der Waals surface area contributed by atoms with Crippen LogP contribution in [0.2, 0.25) is 0 Å². The molecule has 24 heavy (non-hydrogen) atoms. The summed E-state index contributed by atoms with van der Waals surface area (Å²) in [6.07, 6.45) is 3.87. The van der Waals surface area contributed by atoms with Crippen molar-refractivity contribution in [2.45, 2.75) is 50.8 Å². The van der Waals surface area contributed by atoms with Crippen molar-refractivity contribution in [1.29, 1.82) is 0 Å². The minimum Gasteiger partial charge on any atom is -0.383 e. The van der Waals surface area contributed by atoms with Crippen molar-refractivity contribution in [3.8, 4) is 0 Å². The molecule has 0 spiro atoms. The molecule has 3 rings (SSSR count). The second kappa shape index (κ2) is 7.33. The van der Waals surface area contributed by atoms with Crippen LogP contribution in [0.25, 0.3) is 11.0 Å². The molecule has 1 heterocycles. The first-order chi connectivity index (χ1) is 11.5. The first kappa shape index (κ1) is 17.6. The van der Waals surface area contributed by atoms with E-state index in [0.717, 1.165) is 48.9 Å². The van der Waals surface area contributed by atoms with Crippen LogP contribution in [0.15, 0.2) is 18.2 Å². The monoisotopic (exact) mass is 368 g/mol. The molecule has 2 aromatic rings. The SMILES string of the molecule is CC(C)S(=O)(=O)NC1CCC(CNc2cccc3nsnc23)CC1. The zero-order chi connectivity index (χ0) is 17.2. The van der Waals surface area contributed by atoms with E-state index in [-0.39, 0.29) is 11.3 Å². The standard InChI is InChI=1S/C16H24N4O2S2/c1-11(2)24(21,22)20-13-8-6-12(7-9-13)10-17-14-4-3-5-15-16(14)19-23-18-15/h3-5,11-13,17,20H,6-10H2,1-2H3. The van der Waals surface area contributed by atoms with E-state index >= 15 is 0 Å². The topological polar surface area (TPSA) is 84.0 Å². The number of aromatic nitrogens is 2. The molecule has 1 aromatic heterocycles. The van der Waals surface area contributed by atoms with Crippen LogP contribution in [-0.4, -0.2) is 35.0 Å². The molecule has 1 aliphatic carbocycles. The van der Waals surface area contributed by atoms with E-state index in [2.05, 4.69) is 18.8 Å². The van der Waals surface area contributed by atoms with Crippen LogP contribution in [0.3, 0.4) is 0 Å². The van der Waals surface area contributed by atoms with E-state index in [9.17, 15) is 8.42 Å². The van der Waals surface area contributed by atoms with Gasteiger partial charge in [0.2, 0.25) is 10.0 Å². The van der Waals surface area contributed by atoms with Gasteiger partial charge in [-0.2, -0.15) is 8.75 Å². The van der Waals surface area contributed by atoms with Gasteiger partial charge in [-0.15, -0.1) is 0 Å². The Bertz CT molecular complexity index is 780. The van der Waals surface area contributed by atoms with Gasteiger partial charge in [-0.25, -0.2) is 13.1 Å². The molecule has 1 saturated carbocycles. The van der Waals surface area contributed by atoms with E-state index < -0.39 is 10.0 Å². The second-order valence-electron chi connectivity index (χ2n) is 6.75. The largest absolute Gasteiger partial charge is 0.383 e. The molecule has 0 amide bonds. The van der Waals surface area contributed by atoms with Gasteiger partial charge in [0.1, 0.15) is 11.0 Å². The lowest BCUT2D eigenvalue weighted by Gasteiger charge is -2.29. The van der Waals surface area contributed by atoms with Crippen LogP contribution in [-0.2, 0) is 10.0 Å². The third-order valence-corrected chi connectivity index (χ3v) is 7.11. The first-order valence-electron chi connectivity index (χ1n) is 8.42. The van der Waals surface area contributed by atoms with Crippen molar-refractivity contribution in [1.82, 2.24) is 13.5 Å². The summed E-state index contributed by atoms with van der Waals surface area (Å²) >= 11 is 1.23. The van der Waals surface area contributed by atoms with E-state index in [1.807, 2.05) is 18.2 Å². The Hall–Kier alpha value is -1.25. The predicted octanol–water partition coefficient (Wildman–Crippen LogP) is 2.99. The average molecular weight is 369 g/mol. The number of anilines is 1. The Labute approximate surface area is 147 Å². The van der Waals surface area contributed by atoms with Crippen molar-refractivity contribution < 1.29 is 8.42 Å². The fraction of sp³-hybridized carbons (Fsp3) is 0.625. The van der Waals surface area contributed by atoms with E-state index in [1.165, 1.54) is 11.7 Å². The zero-order valence-electron chi connectivity index (χ0n) is 14.0. The number of nitrogens with one attached hydrogen (secondary N) is 2. The highest BCUT2D eigenvalue weighted by Crippen LogP contribution is 2.27. The quantitative estimate of drug-likeness (QED) is 0.819. The minimum atomic E-state index is -3.17. The molecule has 0 aliphatic heterocycles. The van der Waals surface area contributed by atoms with Crippen LogP contribution < -0.4 is 10.0 Å². The number of rotatable bonds is 6. The van der Waals surface area contributed by atoms with Crippen LogP contribution in [0.4, 0.5) is 5.69 Å². The van der Waals surface area contributed by atoms with E-state index in [1.54, 1.807) is 13.8 Å². The van der Waals surface area contributed by atoms with Gasteiger partial charge in [-0.3, -0.25) is 0 Å². The number of hydrogen-bond donors (Lipinski definition) is 2. The van der Waals surface area contributed by atoms with Gasteiger partial charge >= 0.3 is 0 Å². The molecule has 132 valence electrons. The first-order valence-corrected chi connectivity index (χ1v) is 10.7. The van der Waals surface area contributed by atoms with Gasteiger partial charge in [-0.1, -0.05) is 6.07 Å². The molecule has 1 aliphatic rings. The summed E-state index contributed by atoms with van der Waals surface area (Å²) in [7, 11) is -3.17. The van der Waals surface area contributed by atoms with E-state index in [0.29, 0.717) is 5.92 Å². The third kappa shape index (κ3) is 4.04. The molecule has 1 aromatic carbocycles. The number of hydrogen-bond acceptors (Lipinski definition) is 6. The van der Waals surface area contributed by atoms with Gasteiger partial charge in [-0.05, 0) is 57.6 Å². The highest BCUT2D eigenvalue weighted by Gasteiger charge is 2.26. The smallest absolute Gasteiger partial charge is 0.214 e. The molecular formula is C16H24N4O2S2. The lowest BCUT2D eigenvalue weighted by atomic mass is 9.86. The Balaban J connectivity index is 1.50. The molecule has 6 nitrogen and oxygen atoms in total. The number of fused-ring (bicyclic) bond motifs is 1. The lowest BCUT2D eigenvalue weighted by molar-refractivity contribution is 0.323. The average Bonchev–Trinajstić information content (AvgIpc) is 3.03. The van der Waals surface area contributed by atoms with Crippen molar-refractivity contribution in [3.05, 3.63) is 18.2 Å². The molecule has 1 fully saturated rings. The molecule has 2 N–H and O–H groups in total. The summed E-state index contributed by atoms with van der Waals surface area (Å²) in [5.41, 5.74) is 2.89. The van der Waals surface area contributed by atoms with Crippen LogP contribution in [0.5, 0.6) is 0 Å². The molecular weight excluding hydrogens is 344 g/mol. The van der Waals surface area contributed by atoms with Crippen molar-refractivity contribution >= 4 is 38.5 Å². The van der Waals surface area contributed by atoms with Crippen LogP contribution >= 0.6 is 11.7 Å². The normalized spacial score (nSPS) is 22.1. The molecule has 8 heteroatoms. The highest BCUT2D eigenvalue weighted by molar-refractivity contribution is 7.90. The van der Waals surface area contributed by atoms with Gasteiger partial charge in [0.25, 0.3) is 0 Å². The summed E-state index contributed by atoms with van der Waals surface area (Å²) in [5.74, 6) is 0.562. The molecule has 0 radical (unpaired) electrons. The van der Waals surface area contributed by atoms with Gasteiger partial charge in [0, 0.05) is 12.6 Å². The minimum absolute atomic E-state index is 0.0832. The fourth-order valence-corrected chi connectivity index (χ4v) is 4.58. The Kier molecular flexibility index (Phi) is 5.36. The van der Waals surface area contributed by atoms with Gasteiger partial charge in [0.15, 0.2) is 0 Å². The van der Waals surface area contributed by atoms with Gasteiger partial charge < -0.3 is 5.32 Å². The van der Waals surface area contributed by atoms with Gasteiger partial charge in [0.05, 0.1) is 22.7 Å². The Morgan fingerprint density at radius 1 is 1.21 bits per heavy atom. The molecule has 0 bridgehead atoms. The zero-order valence-corrected chi connectivity index (χ0v) is 15.7. The number of nitrogens with zero attached hydrogens (tertiary/aromatic N) is 2. The predicted molar refractivity (Wildman–Crippen MR) is 98.8 cm³/mol. The maximum atomic E-state index is 12.0. The summed E-state index contributed by atoms with van der Waals surface area (Å²) in [5, 5.41) is 3.12. The lowest BCUT2D eigenvalue weighted by Crippen LogP contribution is -2.41. The number of benzene rings is 1. The third-order valence-electron chi connectivity index (χ3n) is 4.67. The highest BCUT2D eigenvalue weighted by atomic mass is 32.2. The summed E-state index contributed by atoms with van der Waals surface area (Å²) in [6, 6.07) is 6.08. The molecule has 0 saturated heterocycles. The maximum absolute atomic E-state index is 12.0. The Morgan fingerprint density at radius 3 is 2.67 bits per heavy atom. The maximum Gasteiger partial charge on any atom is 0.214 e. The summed E-state index contributed by atoms with van der Waals surface area (Å²) in [4.78, 5) is 0. The van der Waals surface area contributed by atoms with Crippen molar-refractivity contribution in [3.63, 3.8) is 0 Å². The van der Waals surface area contributed by atoms with Crippen molar-refractivity contribution in [2.24, 2.45) is 5.92 Å². The van der Waals surface area contributed by atoms with Crippen molar-refractivity contribution in [2.75, 3.05) is 11.9 Å². The summed E-state index contributed by atoms with van der Waals surface area (Å²) < 4.78 is 35.4. The van der Waals surface area contributed by atoms with E-state index in [4.69, 9.17) is 0 Å². The van der Waals surface area contributed by atoms with Crippen LogP contribution in [0, 0.1) is 5.92 Å². The molecule has 0 atom stereocenters. The second-order valence-corrected chi connectivity index (χ2v) is 9.54. The Morgan fingerprint density at radius 2 is 1.96 bits per heavy atom. The number of sulfonamides is 1. The molecule has 0 unspecified atom stereocenters. The van der Waals surface area contributed by atoms with Crippen LogP contribution in [0.1, 0.15) is 39.5 Å². The fourth-order valence-electron chi connectivity index (χ4n) is 3.06. The summed E-state index contributed by atoms with van der Waals surface area (Å²) in [6.45, 7) is 4.32.